The van der Waals surface area contributed by atoms with Crippen LogP contribution in [0, 0.1) is 23.2 Å². The second kappa shape index (κ2) is 15.8. The fourth-order valence-electron chi connectivity index (χ4n) is 8.58. The van der Waals surface area contributed by atoms with Crippen molar-refractivity contribution >= 4 is 12.1 Å². The Bertz CT molecular complexity index is 983. The van der Waals surface area contributed by atoms with Gasteiger partial charge in [-0.2, -0.15) is 0 Å². The van der Waals surface area contributed by atoms with Crippen molar-refractivity contribution in [2.24, 2.45) is 39.6 Å². The van der Waals surface area contributed by atoms with Crippen molar-refractivity contribution in [3.05, 3.63) is 11.9 Å². The third-order valence-electron chi connectivity index (χ3n) is 11.4. The molecule has 9 nitrogen and oxygen atoms in total. The number of unbranched alkanes of at least 4 members (excludes halogenated alkanes) is 1. The molecule has 7 unspecified atom stereocenters. The molecule has 2 fully saturated rings. The Morgan fingerprint density at radius 3 is 2.68 bits per heavy atom. The Balaban J connectivity index is 1.63. The van der Waals surface area contributed by atoms with Gasteiger partial charge in [0.05, 0.1) is 36.1 Å². The predicted octanol–water partition coefficient (Wildman–Crippen LogP) is 4.18. The first kappa shape index (κ1) is 35.3. The standard InChI is InChI=1S/C34H62FN7O2/c1-6-10-12-23(8-3)34(44-26-18-29-39-15-16-42(29)22-26)13-14-38-21-28(34)41-32(43)30(31(36)37)27-19-33(5,9-4)24(11-7-2)17-25(35)20-40-27/h20-21,23-27,29-31,38-39H,6-19,22,36-37H2,1-5H3,(H,41,43)/b40-20-/t23?,24-,25?,26+,27?,29?,30?,33?,34?/m1/s1. The minimum atomic E-state index is -1.15. The smallest absolute Gasteiger partial charge is 0.232 e. The highest BCUT2D eigenvalue weighted by molar-refractivity contribution is 5.82. The van der Waals surface area contributed by atoms with Crippen LogP contribution in [0.25, 0.3) is 0 Å². The van der Waals surface area contributed by atoms with E-state index < -0.39 is 29.9 Å². The monoisotopic (exact) mass is 619 g/mol. The molecule has 0 spiro atoms. The van der Waals surface area contributed by atoms with E-state index in [1.807, 2.05) is 6.20 Å². The average Bonchev–Trinajstić information content (AvgIpc) is 3.58. The third kappa shape index (κ3) is 7.85. The molecule has 0 saturated carbocycles. The number of halogens is 1. The van der Waals surface area contributed by atoms with Crippen molar-refractivity contribution in [1.82, 2.24) is 20.9 Å². The molecule has 0 aliphatic carbocycles. The molecule has 44 heavy (non-hydrogen) atoms. The summed E-state index contributed by atoms with van der Waals surface area (Å²) in [5.74, 6) is -0.618. The average molecular weight is 620 g/mol. The molecular formula is C34H62FN7O2. The minimum Gasteiger partial charge on any atom is -0.389 e. The SMILES string of the molecule is CCCCC(CC)C1(O[C@H]2CC3NCCN3C2)CCNC=C1NC(=O)C(C(N)N)C1CC(C)(CC)[C@H](CCC)CC(F)/C=N\1. The molecule has 10 heteroatoms. The maximum atomic E-state index is 15.1. The first-order valence-corrected chi connectivity index (χ1v) is 17.7. The molecule has 0 aromatic carbocycles. The van der Waals surface area contributed by atoms with E-state index in [2.05, 4.69) is 60.5 Å². The van der Waals surface area contributed by atoms with E-state index in [1.54, 1.807) is 0 Å². The van der Waals surface area contributed by atoms with E-state index in [4.69, 9.17) is 16.2 Å². The lowest BCUT2D eigenvalue weighted by Crippen LogP contribution is -2.58. The molecule has 1 amide bonds. The van der Waals surface area contributed by atoms with Crippen molar-refractivity contribution in [3.8, 4) is 0 Å². The van der Waals surface area contributed by atoms with Gasteiger partial charge < -0.3 is 32.2 Å². The summed E-state index contributed by atoms with van der Waals surface area (Å²) in [5.41, 5.74) is 12.8. The number of nitrogens with two attached hydrogens (primary N) is 2. The molecular weight excluding hydrogens is 557 g/mol. The van der Waals surface area contributed by atoms with Gasteiger partial charge in [-0.15, -0.1) is 0 Å². The van der Waals surface area contributed by atoms with Crippen molar-refractivity contribution in [2.75, 3.05) is 26.2 Å². The molecule has 2 saturated heterocycles. The van der Waals surface area contributed by atoms with E-state index in [0.29, 0.717) is 19.0 Å². The number of ether oxygens (including phenoxy) is 1. The third-order valence-corrected chi connectivity index (χ3v) is 11.4. The van der Waals surface area contributed by atoms with Crippen molar-refractivity contribution in [2.45, 2.75) is 141 Å². The molecule has 252 valence electrons. The highest BCUT2D eigenvalue weighted by atomic mass is 19.1. The molecule has 4 rings (SSSR count). The van der Waals surface area contributed by atoms with E-state index in [0.717, 1.165) is 89.7 Å². The summed E-state index contributed by atoms with van der Waals surface area (Å²) in [6.07, 6.45) is 11.5. The van der Waals surface area contributed by atoms with Crippen LogP contribution in [0.4, 0.5) is 4.39 Å². The summed E-state index contributed by atoms with van der Waals surface area (Å²) in [7, 11) is 0. The molecule has 4 aliphatic heterocycles. The summed E-state index contributed by atoms with van der Waals surface area (Å²) in [5, 5.41) is 10.3. The highest BCUT2D eigenvalue weighted by Gasteiger charge is 2.49. The second-order valence-corrected chi connectivity index (χ2v) is 14.2. The number of fused-ring (bicyclic) bond motifs is 1. The molecule has 0 radical (unpaired) electrons. The fourth-order valence-corrected chi connectivity index (χ4v) is 8.58. The van der Waals surface area contributed by atoms with Crippen LogP contribution in [0.3, 0.4) is 0 Å². The number of rotatable bonds is 14. The normalized spacial score (nSPS) is 36.6. The van der Waals surface area contributed by atoms with Gasteiger partial charge >= 0.3 is 0 Å². The Labute approximate surface area is 265 Å². The van der Waals surface area contributed by atoms with Gasteiger partial charge in [-0.05, 0) is 42.9 Å². The summed E-state index contributed by atoms with van der Waals surface area (Å²) in [4.78, 5) is 21.5. The molecule has 0 aromatic rings. The first-order chi connectivity index (χ1) is 21.1. The van der Waals surface area contributed by atoms with Gasteiger partial charge in [-0.1, -0.05) is 73.1 Å². The molecule has 7 N–H and O–H groups in total. The molecule has 0 bridgehead atoms. The number of carbonyl (C=O) groups excluding carboxylic acids is 1. The summed E-state index contributed by atoms with van der Waals surface area (Å²) < 4.78 is 22.4. The van der Waals surface area contributed by atoms with Gasteiger partial charge in [0.1, 0.15) is 11.8 Å². The number of amides is 1. The van der Waals surface area contributed by atoms with E-state index in [1.165, 1.54) is 6.21 Å². The van der Waals surface area contributed by atoms with Crippen molar-refractivity contribution in [3.63, 3.8) is 0 Å². The highest BCUT2D eigenvalue weighted by Crippen LogP contribution is 2.45. The number of nitrogens with zero attached hydrogens (tertiary/aromatic N) is 2. The van der Waals surface area contributed by atoms with Gasteiger partial charge in [0.25, 0.3) is 0 Å². The maximum absolute atomic E-state index is 15.1. The number of aliphatic imine (C=N–C) groups is 1. The number of alkyl halides is 1. The lowest BCUT2D eigenvalue weighted by molar-refractivity contribution is -0.132. The van der Waals surface area contributed by atoms with Crippen LogP contribution in [0.1, 0.15) is 105 Å². The molecule has 4 heterocycles. The van der Waals surface area contributed by atoms with E-state index >= 15 is 4.39 Å². The minimum absolute atomic E-state index is 0.0758. The van der Waals surface area contributed by atoms with Gasteiger partial charge in [-0.3, -0.25) is 14.7 Å². The summed E-state index contributed by atoms with van der Waals surface area (Å²) in [6, 6.07) is -0.513. The zero-order valence-electron chi connectivity index (χ0n) is 28.1. The Kier molecular flexibility index (Phi) is 12.7. The summed E-state index contributed by atoms with van der Waals surface area (Å²) >= 11 is 0. The topological polar surface area (TPSA) is 130 Å². The van der Waals surface area contributed by atoms with Gasteiger partial charge in [0.15, 0.2) is 0 Å². The van der Waals surface area contributed by atoms with E-state index in [9.17, 15) is 4.79 Å². The van der Waals surface area contributed by atoms with Crippen LogP contribution < -0.4 is 27.4 Å². The van der Waals surface area contributed by atoms with Crippen LogP contribution in [-0.4, -0.2) is 79.5 Å². The number of hydrogen-bond donors (Lipinski definition) is 5. The Morgan fingerprint density at radius 1 is 1.23 bits per heavy atom. The second-order valence-electron chi connectivity index (χ2n) is 14.2. The number of nitrogens with one attached hydrogen (secondary N) is 3. The van der Waals surface area contributed by atoms with Gasteiger partial charge in [0, 0.05) is 45.0 Å². The van der Waals surface area contributed by atoms with Crippen molar-refractivity contribution < 1.29 is 13.9 Å². The Hall–Kier alpha value is -1.59. The lowest BCUT2D eigenvalue weighted by Gasteiger charge is -2.47. The predicted molar refractivity (Wildman–Crippen MR) is 177 cm³/mol. The Morgan fingerprint density at radius 2 is 2.02 bits per heavy atom. The van der Waals surface area contributed by atoms with Crippen LogP contribution in [0.5, 0.6) is 0 Å². The van der Waals surface area contributed by atoms with Crippen LogP contribution in [0.15, 0.2) is 16.9 Å². The van der Waals surface area contributed by atoms with Crippen LogP contribution in [-0.2, 0) is 9.53 Å². The van der Waals surface area contributed by atoms with Crippen molar-refractivity contribution in [1.29, 1.82) is 0 Å². The zero-order chi connectivity index (χ0) is 31.9. The lowest BCUT2D eigenvalue weighted by atomic mass is 9.65. The van der Waals surface area contributed by atoms with Gasteiger partial charge in [0.2, 0.25) is 5.91 Å². The van der Waals surface area contributed by atoms with Crippen LogP contribution >= 0.6 is 0 Å². The quantitative estimate of drug-likeness (QED) is 0.185. The first-order valence-electron chi connectivity index (χ1n) is 17.7. The largest absolute Gasteiger partial charge is 0.389 e. The van der Waals surface area contributed by atoms with Gasteiger partial charge in [-0.25, -0.2) is 4.39 Å². The van der Waals surface area contributed by atoms with E-state index in [-0.39, 0.29) is 29.3 Å². The molecule has 0 aromatic heterocycles. The molecule has 9 atom stereocenters. The summed E-state index contributed by atoms with van der Waals surface area (Å²) in [6.45, 7) is 14.7. The fraction of sp³-hybridized carbons (Fsp3) is 0.882. The number of carbonyl (C=O) groups is 1. The zero-order valence-corrected chi connectivity index (χ0v) is 28.1. The molecule has 4 aliphatic rings. The van der Waals surface area contributed by atoms with Crippen LogP contribution in [0.2, 0.25) is 0 Å². The maximum Gasteiger partial charge on any atom is 0.232 e. The number of hydrogen-bond acceptors (Lipinski definition) is 8.